The number of H-pyrrole nitrogens is 1. The lowest BCUT2D eigenvalue weighted by Gasteiger charge is -2.22. The van der Waals surface area contributed by atoms with E-state index in [1.54, 1.807) is 24.3 Å². The zero-order valence-electron chi connectivity index (χ0n) is 17.1. The van der Waals surface area contributed by atoms with Crippen LogP contribution in [0.2, 0.25) is 0 Å². The second kappa shape index (κ2) is 8.37. The van der Waals surface area contributed by atoms with Gasteiger partial charge in [-0.15, -0.1) is 0 Å². The number of aromatic nitrogens is 3. The Morgan fingerprint density at radius 2 is 2.07 bits per heavy atom. The highest BCUT2D eigenvalue weighted by atomic mass is 16.5. The van der Waals surface area contributed by atoms with Gasteiger partial charge in [-0.25, -0.2) is 4.98 Å². The number of hydrogen-bond donors (Lipinski definition) is 1. The summed E-state index contributed by atoms with van der Waals surface area (Å²) in [5.41, 5.74) is 2.53. The molecule has 7 heteroatoms. The van der Waals surface area contributed by atoms with Crippen LogP contribution in [0.4, 0.5) is 0 Å². The molecular weight excluding hydrogens is 368 g/mol. The molecule has 154 valence electrons. The molecule has 0 spiro atoms. The van der Waals surface area contributed by atoms with Gasteiger partial charge in [-0.1, -0.05) is 19.3 Å². The van der Waals surface area contributed by atoms with Crippen LogP contribution in [0.25, 0.3) is 16.6 Å². The van der Waals surface area contributed by atoms with Gasteiger partial charge in [-0.05, 0) is 38.0 Å². The molecule has 0 radical (unpaired) electrons. The Morgan fingerprint density at radius 1 is 1.28 bits per heavy atom. The number of methoxy groups -OCH3 is 1. The molecule has 0 unspecified atom stereocenters. The molecule has 4 rings (SSSR count). The minimum Gasteiger partial charge on any atom is -0.383 e. The zero-order chi connectivity index (χ0) is 20.4. The molecule has 7 nitrogen and oxygen atoms in total. The van der Waals surface area contributed by atoms with E-state index in [4.69, 9.17) is 4.74 Å². The van der Waals surface area contributed by atoms with Gasteiger partial charge in [0.25, 0.3) is 11.5 Å². The number of aromatic amines is 1. The summed E-state index contributed by atoms with van der Waals surface area (Å²) in [6.45, 7) is 3.61. The van der Waals surface area contributed by atoms with E-state index >= 15 is 0 Å². The molecule has 3 aromatic rings. The lowest BCUT2D eigenvalue weighted by Crippen LogP contribution is -2.33. The second-order valence-corrected chi connectivity index (χ2v) is 7.74. The first-order valence-corrected chi connectivity index (χ1v) is 10.5. The number of fused-ring (bicyclic) bond motifs is 3. The van der Waals surface area contributed by atoms with Gasteiger partial charge in [0.1, 0.15) is 11.3 Å². The summed E-state index contributed by atoms with van der Waals surface area (Å²) in [4.78, 5) is 34.9. The number of amides is 1. The smallest absolute Gasteiger partial charge is 0.274 e. The minimum atomic E-state index is -0.151. The maximum atomic E-state index is 13.0. The van der Waals surface area contributed by atoms with Crippen molar-refractivity contribution in [2.24, 2.45) is 0 Å². The summed E-state index contributed by atoms with van der Waals surface area (Å²) in [5.74, 6) is 1.25. The van der Waals surface area contributed by atoms with Crippen LogP contribution in [-0.4, -0.2) is 52.0 Å². The van der Waals surface area contributed by atoms with Gasteiger partial charge >= 0.3 is 0 Å². The Bertz CT molecular complexity index is 1080. The lowest BCUT2D eigenvalue weighted by molar-refractivity contribution is 0.0706. The third kappa shape index (κ3) is 3.67. The molecule has 1 aliphatic carbocycles. The SMILES string of the molecule is CCN(CCOC)C(=O)c1ccc2[nH]c(=O)c3cnc(C4CCCCC4)n3c2c1. The first-order chi connectivity index (χ1) is 14.1. The maximum absolute atomic E-state index is 13.0. The van der Waals surface area contributed by atoms with Crippen molar-refractivity contribution in [2.75, 3.05) is 26.8 Å². The zero-order valence-corrected chi connectivity index (χ0v) is 17.1. The summed E-state index contributed by atoms with van der Waals surface area (Å²) in [7, 11) is 1.63. The Morgan fingerprint density at radius 3 is 2.79 bits per heavy atom. The van der Waals surface area contributed by atoms with Crippen LogP contribution in [-0.2, 0) is 4.74 Å². The van der Waals surface area contributed by atoms with Crippen LogP contribution in [0, 0.1) is 0 Å². The van der Waals surface area contributed by atoms with E-state index in [0.29, 0.717) is 42.2 Å². The highest BCUT2D eigenvalue weighted by molar-refractivity contribution is 5.97. The number of carbonyl (C=O) groups is 1. The van der Waals surface area contributed by atoms with Crippen LogP contribution in [0.3, 0.4) is 0 Å². The quantitative estimate of drug-likeness (QED) is 0.693. The molecule has 1 amide bonds. The van der Waals surface area contributed by atoms with Crippen molar-refractivity contribution < 1.29 is 9.53 Å². The molecule has 0 atom stereocenters. The van der Waals surface area contributed by atoms with E-state index in [9.17, 15) is 9.59 Å². The number of carbonyl (C=O) groups excluding carboxylic acids is 1. The molecular formula is C22H28N4O3. The number of imidazole rings is 1. The third-order valence-corrected chi connectivity index (χ3v) is 5.96. The number of benzene rings is 1. The topological polar surface area (TPSA) is 79.7 Å². The first kappa shape index (κ1) is 19.6. The van der Waals surface area contributed by atoms with E-state index in [0.717, 1.165) is 24.2 Å². The van der Waals surface area contributed by atoms with E-state index in [1.165, 1.54) is 19.3 Å². The fraction of sp³-hybridized carbons (Fsp3) is 0.500. The number of nitrogens with zero attached hydrogens (tertiary/aromatic N) is 3. The Kier molecular flexibility index (Phi) is 5.67. The molecule has 29 heavy (non-hydrogen) atoms. The molecule has 1 fully saturated rings. The number of likely N-dealkylation sites (N-methyl/N-ethyl adjacent to an activating group) is 1. The highest BCUT2D eigenvalue weighted by Gasteiger charge is 2.23. The number of nitrogens with one attached hydrogen (secondary N) is 1. The van der Waals surface area contributed by atoms with Gasteiger partial charge in [-0.3, -0.25) is 14.0 Å². The van der Waals surface area contributed by atoms with Crippen LogP contribution in [0.1, 0.15) is 61.1 Å². The second-order valence-electron chi connectivity index (χ2n) is 7.74. The Hall–Kier alpha value is -2.67. The van der Waals surface area contributed by atoms with Gasteiger partial charge < -0.3 is 14.6 Å². The molecule has 1 aliphatic rings. The summed E-state index contributed by atoms with van der Waals surface area (Å²) in [6, 6.07) is 5.47. The largest absolute Gasteiger partial charge is 0.383 e. The minimum absolute atomic E-state index is 0.0369. The van der Waals surface area contributed by atoms with E-state index in [-0.39, 0.29) is 11.5 Å². The van der Waals surface area contributed by atoms with Crippen LogP contribution in [0.15, 0.2) is 29.2 Å². The standard InChI is InChI=1S/C22H28N4O3/c1-3-25(11-12-29-2)22(28)16-9-10-17-18(13-16)26-19(21(27)24-17)14-23-20(26)15-7-5-4-6-8-15/h9-10,13-15H,3-8,11-12H2,1-2H3,(H,24,27). The molecule has 2 heterocycles. The van der Waals surface area contributed by atoms with E-state index < -0.39 is 0 Å². The normalized spacial score (nSPS) is 15.2. The van der Waals surface area contributed by atoms with E-state index in [2.05, 4.69) is 9.97 Å². The molecule has 0 aliphatic heterocycles. The average Bonchev–Trinajstić information content (AvgIpc) is 3.21. The molecule has 1 saturated carbocycles. The molecule has 1 aromatic carbocycles. The van der Waals surface area contributed by atoms with Gasteiger partial charge in [0.05, 0.1) is 23.8 Å². The van der Waals surface area contributed by atoms with Crippen LogP contribution in [0.5, 0.6) is 0 Å². The van der Waals surface area contributed by atoms with Crippen LogP contribution >= 0.6 is 0 Å². The monoisotopic (exact) mass is 396 g/mol. The number of ether oxygens (including phenoxy) is 1. The Balaban J connectivity index is 1.83. The number of hydrogen-bond acceptors (Lipinski definition) is 4. The molecule has 0 bridgehead atoms. The first-order valence-electron chi connectivity index (χ1n) is 10.5. The summed E-state index contributed by atoms with van der Waals surface area (Å²) in [6.07, 6.45) is 7.48. The highest BCUT2D eigenvalue weighted by Crippen LogP contribution is 2.33. The van der Waals surface area contributed by atoms with Crippen molar-refractivity contribution in [1.29, 1.82) is 0 Å². The van der Waals surface area contributed by atoms with Crippen molar-refractivity contribution in [1.82, 2.24) is 19.3 Å². The predicted molar refractivity (Wildman–Crippen MR) is 113 cm³/mol. The van der Waals surface area contributed by atoms with Crippen molar-refractivity contribution >= 4 is 22.5 Å². The van der Waals surface area contributed by atoms with Gasteiger partial charge in [-0.2, -0.15) is 0 Å². The summed E-state index contributed by atoms with van der Waals surface area (Å²) in [5, 5.41) is 0. The van der Waals surface area contributed by atoms with Crippen LogP contribution < -0.4 is 5.56 Å². The fourth-order valence-corrected chi connectivity index (χ4v) is 4.36. The van der Waals surface area contributed by atoms with Crippen molar-refractivity contribution in [3.8, 4) is 0 Å². The Labute approximate surface area is 169 Å². The number of rotatable bonds is 6. The molecule has 0 saturated heterocycles. The van der Waals surface area contributed by atoms with Crippen molar-refractivity contribution in [3.05, 3.63) is 46.1 Å². The van der Waals surface area contributed by atoms with E-state index in [1.807, 2.05) is 23.5 Å². The maximum Gasteiger partial charge on any atom is 0.274 e. The van der Waals surface area contributed by atoms with Crippen molar-refractivity contribution in [3.63, 3.8) is 0 Å². The van der Waals surface area contributed by atoms with Gasteiger partial charge in [0.2, 0.25) is 0 Å². The molecule has 1 N–H and O–H groups in total. The summed E-state index contributed by atoms with van der Waals surface area (Å²) >= 11 is 0. The lowest BCUT2D eigenvalue weighted by atomic mass is 9.88. The van der Waals surface area contributed by atoms with Crippen molar-refractivity contribution in [2.45, 2.75) is 44.9 Å². The average molecular weight is 396 g/mol. The molecule has 2 aromatic heterocycles. The third-order valence-electron chi connectivity index (χ3n) is 5.96. The summed E-state index contributed by atoms with van der Waals surface area (Å²) < 4.78 is 7.09. The van der Waals surface area contributed by atoms with Gasteiger partial charge in [0.15, 0.2) is 0 Å². The predicted octanol–water partition coefficient (Wildman–Crippen LogP) is 3.33. The fourth-order valence-electron chi connectivity index (χ4n) is 4.36. The van der Waals surface area contributed by atoms with Gasteiger partial charge in [0, 0.05) is 31.7 Å².